The van der Waals surface area contributed by atoms with E-state index in [4.69, 9.17) is 23.2 Å². The second-order valence-corrected chi connectivity index (χ2v) is 8.88. The van der Waals surface area contributed by atoms with E-state index in [1.807, 2.05) is 18.2 Å². The van der Waals surface area contributed by atoms with E-state index in [-0.39, 0.29) is 4.21 Å². The fourth-order valence-corrected chi connectivity index (χ4v) is 4.71. The van der Waals surface area contributed by atoms with E-state index >= 15 is 0 Å². The van der Waals surface area contributed by atoms with Crippen molar-refractivity contribution in [2.24, 2.45) is 0 Å². The van der Waals surface area contributed by atoms with Crippen molar-refractivity contribution in [1.29, 1.82) is 0 Å². The summed E-state index contributed by atoms with van der Waals surface area (Å²) in [5.74, 6) is 0. The highest BCUT2D eigenvalue weighted by atomic mass is 35.5. The summed E-state index contributed by atoms with van der Waals surface area (Å²) in [5, 5.41) is 3.78. The van der Waals surface area contributed by atoms with Gasteiger partial charge in [0, 0.05) is 11.4 Å². The fourth-order valence-electron chi connectivity index (χ4n) is 1.99. The second kappa shape index (κ2) is 7.03. The van der Waals surface area contributed by atoms with Gasteiger partial charge in [0.15, 0.2) is 0 Å². The molecule has 0 saturated carbocycles. The predicted octanol–water partition coefficient (Wildman–Crippen LogP) is 5.60. The normalized spacial score (nSPS) is 11.2. The molecule has 0 aliphatic rings. The van der Waals surface area contributed by atoms with Crippen LogP contribution in [0.2, 0.25) is 9.36 Å². The third kappa shape index (κ3) is 4.02. The molecular formula is C16H12Cl2N2O2S2. The van der Waals surface area contributed by atoms with Crippen LogP contribution in [0.3, 0.4) is 0 Å². The second-order valence-electron chi connectivity index (χ2n) is 4.85. The molecule has 124 valence electrons. The zero-order valence-corrected chi connectivity index (χ0v) is 15.3. The number of anilines is 3. The molecule has 0 atom stereocenters. The smallest absolute Gasteiger partial charge is 0.271 e. The lowest BCUT2D eigenvalue weighted by molar-refractivity contribution is 0.603. The summed E-state index contributed by atoms with van der Waals surface area (Å²) in [6.07, 6.45) is 0. The number of hydrogen-bond donors (Lipinski definition) is 2. The van der Waals surface area contributed by atoms with Crippen LogP contribution in [-0.2, 0) is 10.0 Å². The van der Waals surface area contributed by atoms with Crippen molar-refractivity contribution in [3.05, 3.63) is 70.0 Å². The lowest BCUT2D eigenvalue weighted by Gasteiger charge is -2.10. The number of hydrogen-bond acceptors (Lipinski definition) is 4. The highest BCUT2D eigenvalue weighted by Gasteiger charge is 2.16. The minimum atomic E-state index is -3.63. The molecule has 0 spiro atoms. The number of rotatable bonds is 5. The molecule has 8 heteroatoms. The van der Waals surface area contributed by atoms with Crippen LogP contribution in [0.1, 0.15) is 0 Å². The summed E-state index contributed by atoms with van der Waals surface area (Å²) in [4.78, 5) is 0. The molecule has 3 aromatic rings. The van der Waals surface area contributed by atoms with Crippen molar-refractivity contribution in [3.63, 3.8) is 0 Å². The number of halogens is 2. The Morgan fingerprint density at radius 2 is 1.50 bits per heavy atom. The van der Waals surface area contributed by atoms with Crippen molar-refractivity contribution in [2.45, 2.75) is 4.21 Å². The molecule has 0 amide bonds. The first-order valence-electron chi connectivity index (χ1n) is 6.84. The quantitative estimate of drug-likeness (QED) is 0.587. The van der Waals surface area contributed by atoms with Crippen LogP contribution in [0, 0.1) is 0 Å². The Labute approximate surface area is 154 Å². The van der Waals surface area contributed by atoms with Gasteiger partial charge in [0.05, 0.1) is 15.0 Å². The molecule has 1 aromatic heterocycles. The minimum Gasteiger partial charge on any atom is -0.354 e. The predicted molar refractivity (Wildman–Crippen MR) is 101 cm³/mol. The van der Waals surface area contributed by atoms with Gasteiger partial charge in [0.1, 0.15) is 4.21 Å². The maximum Gasteiger partial charge on any atom is 0.271 e. The number of sulfonamides is 1. The molecule has 4 nitrogen and oxygen atoms in total. The molecule has 24 heavy (non-hydrogen) atoms. The Morgan fingerprint density at radius 1 is 0.833 bits per heavy atom. The van der Waals surface area contributed by atoms with Crippen LogP contribution < -0.4 is 10.0 Å². The summed E-state index contributed by atoms with van der Waals surface area (Å²) in [6, 6.07) is 17.3. The molecule has 0 radical (unpaired) electrons. The average Bonchev–Trinajstić information content (AvgIpc) is 2.99. The molecule has 0 aliphatic carbocycles. The molecule has 3 rings (SSSR count). The first-order valence-corrected chi connectivity index (χ1v) is 9.89. The van der Waals surface area contributed by atoms with Crippen molar-refractivity contribution in [1.82, 2.24) is 0 Å². The molecular weight excluding hydrogens is 387 g/mol. The number of para-hydroxylation sites is 1. The monoisotopic (exact) mass is 398 g/mol. The van der Waals surface area contributed by atoms with Crippen LogP contribution in [0.5, 0.6) is 0 Å². The Bertz CT molecular complexity index is 954. The van der Waals surface area contributed by atoms with Crippen LogP contribution in [-0.4, -0.2) is 8.42 Å². The van der Waals surface area contributed by atoms with Crippen molar-refractivity contribution in [2.75, 3.05) is 10.0 Å². The first kappa shape index (κ1) is 17.1. The van der Waals surface area contributed by atoms with Gasteiger partial charge in [-0.25, -0.2) is 8.42 Å². The molecule has 1 heterocycles. The molecule has 2 N–H and O–H groups in total. The highest BCUT2D eigenvalue weighted by Crippen LogP contribution is 2.28. The van der Waals surface area contributed by atoms with E-state index in [9.17, 15) is 8.42 Å². The van der Waals surface area contributed by atoms with Gasteiger partial charge in [-0.15, -0.1) is 11.3 Å². The Kier molecular flexibility index (Phi) is 5.01. The van der Waals surface area contributed by atoms with E-state index in [1.54, 1.807) is 36.4 Å². The van der Waals surface area contributed by atoms with Crippen molar-refractivity contribution < 1.29 is 8.42 Å². The van der Waals surface area contributed by atoms with Crippen LogP contribution in [0.15, 0.2) is 64.9 Å². The Hall–Kier alpha value is -1.73. The maximum absolute atomic E-state index is 12.2. The molecule has 0 unspecified atom stereocenters. The van der Waals surface area contributed by atoms with E-state index in [1.165, 1.54) is 6.07 Å². The van der Waals surface area contributed by atoms with Crippen molar-refractivity contribution in [3.8, 4) is 0 Å². The summed E-state index contributed by atoms with van der Waals surface area (Å²) in [6.45, 7) is 0. The van der Waals surface area contributed by atoms with Gasteiger partial charge < -0.3 is 5.32 Å². The topological polar surface area (TPSA) is 58.2 Å². The lowest BCUT2D eigenvalue weighted by atomic mass is 10.2. The Morgan fingerprint density at radius 3 is 2.12 bits per heavy atom. The van der Waals surface area contributed by atoms with Crippen LogP contribution in [0.25, 0.3) is 0 Å². The van der Waals surface area contributed by atoms with Crippen molar-refractivity contribution >= 4 is 61.6 Å². The van der Waals surface area contributed by atoms with Gasteiger partial charge in [-0.2, -0.15) is 0 Å². The molecule has 2 aromatic carbocycles. The number of benzene rings is 2. The summed E-state index contributed by atoms with van der Waals surface area (Å²) >= 11 is 12.9. The largest absolute Gasteiger partial charge is 0.354 e. The van der Waals surface area contributed by atoms with Crippen LogP contribution in [0.4, 0.5) is 17.1 Å². The summed E-state index contributed by atoms with van der Waals surface area (Å²) < 4.78 is 27.6. The summed E-state index contributed by atoms with van der Waals surface area (Å²) in [7, 11) is -3.63. The molecule has 0 aliphatic heterocycles. The SMILES string of the molecule is O=S(=O)(Nc1ccc(Nc2ccccc2Cl)cc1)c1ccc(Cl)s1. The lowest BCUT2D eigenvalue weighted by Crippen LogP contribution is -2.11. The van der Waals surface area contributed by atoms with Crippen LogP contribution >= 0.6 is 34.5 Å². The highest BCUT2D eigenvalue weighted by molar-refractivity contribution is 7.94. The Balaban J connectivity index is 1.74. The van der Waals surface area contributed by atoms with Gasteiger partial charge in [-0.05, 0) is 48.5 Å². The van der Waals surface area contributed by atoms with E-state index in [0.717, 1.165) is 22.7 Å². The standard InChI is InChI=1S/C16H12Cl2N2O2S2/c17-13-3-1-2-4-14(13)19-11-5-7-12(8-6-11)20-24(21,22)16-10-9-15(18)23-16/h1-10,19-20H. The first-order chi connectivity index (χ1) is 11.4. The zero-order chi connectivity index (χ0) is 17.2. The fraction of sp³-hybridized carbons (Fsp3) is 0. The molecule has 0 saturated heterocycles. The van der Waals surface area contributed by atoms with Gasteiger partial charge in [-0.1, -0.05) is 35.3 Å². The molecule has 0 fully saturated rings. The van der Waals surface area contributed by atoms with E-state index in [0.29, 0.717) is 15.0 Å². The van der Waals surface area contributed by atoms with E-state index < -0.39 is 10.0 Å². The number of nitrogens with one attached hydrogen (secondary N) is 2. The average molecular weight is 399 g/mol. The minimum absolute atomic E-state index is 0.172. The summed E-state index contributed by atoms with van der Waals surface area (Å²) in [5.41, 5.74) is 2.04. The van der Waals surface area contributed by atoms with Gasteiger partial charge >= 0.3 is 0 Å². The van der Waals surface area contributed by atoms with Gasteiger partial charge in [0.2, 0.25) is 0 Å². The maximum atomic E-state index is 12.2. The van der Waals surface area contributed by atoms with E-state index in [2.05, 4.69) is 10.0 Å². The zero-order valence-electron chi connectivity index (χ0n) is 12.2. The number of thiophene rings is 1. The van der Waals surface area contributed by atoms with Gasteiger partial charge in [-0.3, -0.25) is 4.72 Å². The van der Waals surface area contributed by atoms with Gasteiger partial charge in [0.25, 0.3) is 10.0 Å². The third-order valence-corrected chi connectivity index (χ3v) is 6.54. The molecule has 0 bridgehead atoms. The third-order valence-electron chi connectivity index (χ3n) is 3.10.